The number of nitrogens with one attached hydrogen (secondary N) is 1. The van der Waals surface area contributed by atoms with Gasteiger partial charge in [-0.3, -0.25) is 9.59 Å². The van der Waals surface area contributed by atoms with Gasteiger partial charge in [0.1, 0.15) is 17.5 Å². The fourth-order valence-corrected chi connectivity index (χ4v) is 1.78. The lowest BCUT2D eigenvalue weighted by molar-refractivity contribution is -0.133. The molecule has 0 spiro atoms. The minimum absolute atomic E-state index is 0.00769. The van der Waals surface area contributed by atoms with Gasteiger partial charge in [0.2, 0.25) is 5.91 Å². The van der Waals surface area contributed by atoms with Crippen molar-refractivity contribution in [3.63, 3.8) is 0 Å². The fourth-order valence-electron chi connectivity index (χ4n) is 1.78. The first kappa shape index (κ1) is 12.6. The van der Waals surface area contributed by atoms with Gasteiger partial charge in [0.15, 0.2) is 0 Å². The lowest BCUT2D eigenvalue weighted by Crippen LogP contribution is -2.60. The maximum Gasteiger partial charge on any atom is 0.256 e. The van der Waals surface area contributed by atoms with Gasteiger partial charge >= 0.3 is 0 Å². The highest BCUT2D eigenvalue weighted by molar-refractivity contribution is 5.95. The molecule has 0 aliphatic carbocycles. The maximum absolute atomic E-state index is 11.9. The molecular formula is C11H15N3O4. The predicted molar refractivity (Wildman–Crippen MR) is 60.7 cm³/mol. The lowest BCUT2D eigenvalue weighted by atomic mass is 10.1. The van der Waals surface area contributed by atoms with Crippen LogP contribution in [-0.2, 0) is 16.1 Å². The van der Waals surface area contributed by atoms with E-state index in [4.69, 9.17) is 9.26 Å². The average Bonchev–Trinajstić information content (AvgIpc) is 2.70. The normalized spacial score (nSPS) is 15.3. The van der Waals surface area contributed by atoms with Gasteiger partial charge in [-0.1, -0.05) is 5.16 Å². The highest BCUT2D eigenvalue weighted by atomic mass is 16.5. The molecule has 0 aromatic carbocycles. The molecule has 18 heavy (non-hydrogen) atoms. The third kappa shape index (κ3) is 2.51. The SMILES string of the molecule is COCc1nocc1C(=O)NC1CN(C(C)=O)C1. The average molecular weight is 253 g/mol. The second kappa shape index (κ2) is 5.18. The Hall–Kier alpha value is -1.89. The van der Waals surface area contributed by atoms with Crippen molar-refractivity contribution in [1.82, 2.24) is 15.4 Å². The summed E-state index contributed by atoms with van der Waals surface area (Å²) in [7, 11) is 1.52. The Balaban J connectivity index is 1.89. The summed E-state index contributed by atoms with van der Waals surface area (Å²) in [5.41, 5.74) is 0.843. The number of ether oxygens (including phenoxy) is 1. The van der Waals surface area contributed by atoms with Crippen LogP contribution in [0, 0.1) is 0 Å². The highest BCUT2D eigenvalue weighted by Crippen LogP contribution is 2.11. The van der Waals surface area contributed by atoms with Crippen molar-refractivity contribution in [2.24, 2.45) is 0 Å². The van der Waals surface area contributed by atoms with Gasteiger partial charge in [-0.25, -0.2) is 0 Å². The number of rotatable bonds is 4. The maximum atomic E-state index is 11.9. The van der Waals surface area contributed by atoms with Gasteiger partial charge in [-0.15, -0.1) is 0 Å². The van der Waals surface area contributed by atoms with E-state index in [0.29, 0.717) is 24.3 Å². The molecule has 1 fully saturated rings. The second-order valence-corrected chi connectivity index (χ2v) is 4.20. The number of hydrogen-bond acceptors (Lipinski definition) is 5. The summed E-state index contributed by atoms with van der Waals surface area (Å²) in [6, 6.07) is -0.00769. The summed E-state index contributed by atoms with van der Waals surface area (Å²) in [6.07, 6.45) is 1.30. The molecule has 1 N–H and O–H groups in total. The first-order chi connectivity index (χ1) is 8.61. The number of carbonyl (C=O) groups excluding carboxylic acids is 2. The zero-order valence-corrected chi connectivity index (χ0v) is 10.3. The molecule has 7 nitrogen and oxygen atoms in total. The van der Waals surface area contributed by atoms with Crippen LogP contribution in [0.2, 0.25) is 0 Å². The molecule has 0 unspecified atom stereocenters. The molecule has 1 aromatic heterocycles. The monoisotopic (exact) mass is 253 g/mol. The summed E-state index contributed by atoms with van der Waals surface area (Å²) in [5.74, 6) is -0.234. The largest absolute Gasteiger partial charge is 0.378 e. The van der Waals surface area contributed by atoms with Crippen LogP contribution in [0.5, 0.6) is 0 Å². The van der Waals surface area contributed by atoms with E-state index in [2.05, 4.69) is 10.5 Å². The molecule has 7 heteroatoms. The van der Waals surface area contributed by atoms with Crippen LogP contribution in [0.15, 0.2) is 10.8 Å². The van der Waals surface area contributed by atoms with Gasteiger partial charge in [0.05, 0.1) is 12.6 Å². The van der Waals surface area contributed by atoms with E-state index in [0.717, 1.165) is 0 Å². The zero-order valence-electron chi connectivity index (χ0n) is 10.3. The van der Waals surface area contributed by atoms with Gasteiger partial charge in [0.25, 0.3) is 5.91 Å². The minimum Gasteiger partial charge on any atom is -0.378 e. The van der Waals surface area contributed by atoms with Crippen molar-refractivity contribution in [3.05, 3.63) is 17.5 Å². The van der Waals surface area contributed by atoms with E-state index in [1.54, 1.807) is 4.90 Å². The second-order valence-electron chi connectivity index (χ2n) is 4.20. The number of nitrogens with zero attached hydrogens (tertiary/aromatic N) is 2. The molecule has 2 rings (SSSR count). The number of hydrogen-bond donors (Lipinski definition) is 1. The number of aromatic nitrogens is 1. The summed E-state index contributed by atoms with van der Waals surface area (Å²) < 4.78 is 9.67. The van der Waals surface area contributed by atoms with Crippen molar-refractivity contribution in [1.29, 1.82) is 0 Å². The van der Waals surface area contributed by atoms with Crippen LogP contribution >= 0.6 is 0 Å². The fraction of sp³-hybridized carbons (Fsp3) is 0.545. The Labute approximate surface area is 104 Å². The quantitative estimate of drug-likeness (QED) is 0.802. The van der Waals surface area contributed by atoms with Crippen molar-refractivity contribution < 1.29 is 18.8 Å². The number of methoxy groups -OCH3 is 1. The summed E-state index contributed by atoms with van der Waals surface area (Å²) >= 11 is 0. The Morgan fingerprint density at radius 2 is 2.33 bits per heavy atom. The van der Waals surface area contributed by atoms with Crippen molar-refractivity contribution in [2.75, 3.05) is 20.2 Å². The van der Waals surface area contributed by atoms with E-state index in [-0.39, 0.29) is 24.5 Å². The predicted octanol–water partition coefficient (Wildman–Crippen LogP) is -0.218. The molecule has 1 aliphatic heterocycles. The van der Waals surface area contributed by atoms with Gasteiger partial charge in [-0.05, 0) is 0 Å². The van der Waals surface area contributed by atoms with Crippen molar-refractivity contribution >= 4 is 11.8 Å². The van der Waals surface area contributed by atoms with E-state index in [1.807, 2.05) is 0 Å². The molecular weight excluding hydrogens is 238 g/mol. The molecule has 0 saturated carbocycles. The molecule has 2 amide bonds. The Morgan fingerprint density at radius 3 is 2.94 bits per heavy atom. The van der Waals surface area contributed by atoms with E-state index < -0.39 is 0 Å². The highest BCUT2D eigenvalue weighted by Gasteiger charge is 2.30. The molecule has 1 aliphatic rings. The van der Waals surface area contributed by atoms with E-state index in [9.17, 15) is 9.59 Å². The number of carbonyl (C=O) groups is 2. The van der Waals surface area contributed by atoms with E-state index >= 15 is 0 Å². The molecule has 0 bridgehead atoms. The third-order valence-electron chi connectivity index (χ3n) is 2.83. The molecule has 0 atom stereocenters. The Morgan fingerprint density at radius 1 is 1.61 bits per heavy atom. The third-order valence-corrected chi connectivity index (χ3v) is 2.83. The smallest absolute Gasteiger partial charge is 0.256 e. The summed E-state index contributed by atoms with van der Waals surface area (Å²) in [6.45, 7) is 2.83. The Kier molecular flexibility index (Phi) is 3.61. The van der Waals surface area contributed by atoms with Crippen LogP contribution in [0.1, 0.15) is 23.0 Å². The number of likely N-dealkylation sites (tertiary alicyclic amines) is 1. The minimum atomic E-state index is -0.253. The first-order valence-corrected chi connectivity index (χ1v) is 5.60. The lowest BCUT2D eigenvalue weighted by Gasteiger charge is -2.38. The summed E-state index contributed by atoms with van der Waals surface area (Å²) in [5, 5.41) is 6.51. The molecule has 0 radical (unpaired) electrons. The topological polar surface area (TPSA) is 84.7 Å². The zero-order chi connectivity index (χ0) is 13.1. The molecule has 1 saturated heterocycles. The van der Waals surface area contributed by atoms with Gasteiger partial charge < -0.3 is 19.5 Å². The standard InChI is InChI=1S/C11H15N3O4/c1-7(15)14-3-8(4-14)12-11(16)9-5-18-13-10(9)6-17-2/h5,8H,3-4,6H2,1-2H3,(H,12,16). The number of amides is 2. The van der Waals surface area contributed by atoms with E-state index in [1.165, 1.54) is 20.3 Å². The molecule has 1 aromatic rings. The van der Waals surface area contributed by atoms with Crippen LogP contribution < -0.4 is 5.32 Å². The molecule has 98 valence electrons. The first-order valence-electron chi connectivity index (χ1n) is 5.60. The molecule has 2 heterocycles. The van der Waals surface area contributed by atoms with Gasteiger partial charge in [-0.2, -0.15) is 0 Å². The van der Waals surface area contributed by atoms with Crippen LogP contribution in [0.3, 0.4) is 0 Å². The van der Waals surface area contributed by atoms with Crippen LogP contribution in [-0.4, -0.2) is 48.1 Å². The van der Waals surface area contributed by atoms with Crippen LogP contribution in [0.4, 0.5) is 0 Å². The van der Waals surface area contributed by atoms with Gasteiger partial charge in [0, 0.05) is 27.1 Å². The van der Waals surface area contributed by atoms with Crippen molar-refractivity contribution in [2.45, 2.75) is 19.6 Å². The Bertz CT molecular complexity index is 451. The van der Waals surface area contributed by atoms with Crippen LogP contribution in [0.25, 0.3) is 0 Å². The summed E-state index contributed by atoms with van der Waals surface area (Å²) in [4.78, 5) is 24.6. The van der Waals surface area contributed by atoms with Crippen molar-refractivity contribution in [3.8, 4) is 0 Å².